The van der Waals surface area contributed by atoms with Crippen molar-refractivity contribution in [2.45, 2.75) is 32.4 Å². The Morgan fingerprint density at radius 3 is 2.48 bits per heavy atom. The summed E-state index contributed by atoms with van der Waals surface area (Å²) < 4.78 is 7.51. The summed E-state index contributed by atoms with van der Waals surface area (Å²) in [6.07, 6.45) is 3.73. The number of piperidine rings is 1. The minimum atomic E-state index is -0.947. The molecule has 0 spiro atoms. The third-order valence-corrected chi connectivity index (χ3v) is 4.57. The average Bonchev–Trinajstić information content (AvgIpc) is 2.89. The molecule has 126 valence electrons. The highest BCUT2D eigenvalue weighted by Crippen LogP contribution is 2.36. The van der Waals surface area contributed by atoms with E-state index in [1.807, 2.05) is 28.8 Å². The Morgan fingerprint density at radius 1 is 1.22 bits per heavy atom. The van der Waals surface area contributed by atoms with E-state index in [-0.39, 0.29) is 24.1 Å². The maximum Gasteiger partial charge on any atom is 0.341 e. The summed E-state index contributed by atoms with van der Waals surface area (Å²) in [6.45, 7) is 4.20. The number of carboxylic acids is 1. The molecule has 1 fully saturated rings. The van der Waals surface area contributed by atoms with Gasteiger partial charge in [-0.05, 0) is 25.8 Å². The van der Waals surface area contributed by atoms with Crippen LogP contribution in [0.25, 0.3) is 10.9 Å². The molecule has 1 N–H and O–H groups in total. The summed E-state index contributed by atoms with van der Waals surface area (Å²) in [5, 5.41) is 10.3. The lowest BCUT2D eigenvalue weighted by Crippen LogP contribution is -2.35. The van der Waals surface area contributed by atoms with Gasteiger partial charge >= 0.3 is 5.97 Å². The lowest BCUT2D eigenvalue weighted by atomic mass is 10.1. The summed E-state index contributed by atoms with van der Waals surface area (Å²) in [5.41, 5.74) is 1.16. The number of methoxy groups -OCH3 is 1. The molecule has 0 amide bonds. The largest absolute Gasteiger partial charge is 0.481 e. The minimum Gasteiger partial charge on any atom is -0.481 e. The van der Waals surface area contributed by atoms with Crippen LogP contribution in [0, 0.1) is 0 Å². The standard InChI is InChI=1S/C17H22N2O3.ClH/c1-12(18-10-6-3-7-11-18)19-14-9-5-4-8-13(14)15(17(20)21)16(19)22-2;/h4-5,8-9,12H,3,6-7,10-11H2,1-2H3,(H,20,21);1H. The van der Waals surface area contributed by atoms with Gasteiger partial charge in [0.2, 0.25) is 5.88 Å². The zero-order valence-electron chi connectivity index (χ0n) is 13.5. The summed E-state index contributed by atoms with van der Waals surface area (Å²) in [5.74, 6) is -0.510. The molecular weight excluding hydrogens is 316 g/mol. The SMILES string of the molecule is COc1c(C(=O)O)c2ccccc2n1C(C)N1CCCCC1.Cl. The van der Waals surface area contributed by atoms with E-state index in [2.05, 4.69) is 11.8 Å². The first-order valence-electron chi connectivity index (χ1n) is 7.79. The fourth-order valence-electron chi connectivity index (χ4n) is 3.47. The number of carbonyl (C=O) groups is 1. The van der Waals surface area contributed by atoms with E-state index in [0.29, 0.717) is 5.88 Å². The zero-order chi connectivity index (χ0) is 15.7. The van der Waals surface area contributed by atoms with Gasteiger partial charge in [0.15, 0.2) is 0 Å². The van der Waals surface area contributed by atoms with Crippen LogP contribution in [0.2, 0.25) is 0 Å². The van der Waals surface area contributed by atoms with Crippen LogP contribution < -0.4 is 4.74 Å². The van der Waals surface area contributed by atoms with Crippen molar-refractivity contribution in [2.24, 2.45) is 0 Å². The number of fused-ring (bicyclic) bond motifs is 1. The molecule has 5 nitrogen and oxygen atoms in total. The normalized spacial score (nSPS) is 16.8. The highest BCUT2D eigenvalue weighted by molar-refractivity contribution is 6.06. The van der Waals surface area contributed by atoms with Gasteiger partial charge in [-0.3, -0.25) is 9.47 Å². The van der Waals surface area contributed by atoms with Crippen molar-refractivity contribution >= 4 is 29.3 Å². The number of likely N-dealkylation sites (tertiary alicyclic amines) is 1. The van der Waals surface area contributed by atoms with Crippen molar-refractivity contribution in [1.29, 1.82) is 0 Å². The molecule has 0 radical (unpaired) electrons. The van der Waals surface area contributed by atoms with Crippen molar-refractivity contribution in [3.63, 3.8) is 0 Å². The first kappa shape index (κ1) is 17.6. The Morgan fingerprint density at radius 2 is 1.87 bits per heavy atom. The van der Waals surface area contributed by atoms with E-state index in [1.165, 1.54) is 19.3 Å². The van der Waals surface area contributed by atoms with Crippen LogP contribution in [-0.2, 0) is 0 Å². The van der Waals surface area contributed by atoms with Crippen LogP contribution >= 0.6 is 12.4 Å². The Kier molecular flexibility index (Phi) is 5.55. The van der Waals surface area contributed by atoms with Gasteiger partial charge in [0.1, 0.15) is 5.56 Å². The van der Waals surface area contributed by atoms with E-state index in [4.69, 9.17) is 4.74 Å². The Labute approximate surface area is 142 Å². The first-order chi connectivity index (χ1) is 10.6. The van der Waals surface area contributed by atoms with Gasteiger partial charge < -0.3 is 9.84 Å². The second-order valence-corrected chi connectivity index (χ2v) is 5.81. The molecule has 2 aromatic rings. The molecule has 0 aliphatic carbocycles. The van der Waals surface area contributed by atoms with Crippen LogP contribution in [-0.4, -0.2) is 40.7 Å². The molecule has 1 unspecified atom stereocenters. The van der Waals surface area contributed by atoms with Crippen molar-refractivity contribution in [3.8, 4) is 5.88 Å². The Balaban J connectivity index is 0.00000192. The third kappa shape index (κ3) is 3.03. The lowest BCUT2D eigenvalue weighted by molar-refractivity contribution is 0.0692. The summed E-state index contributed by atoms with van der Waals surface area (Å²) in [7, 11) is 1.54. The first-order valence-corrected chi connectivity index (χ1v) is 7.79. The van der Waals surface area contributed by atoms with Gasteiger partial charge in [0, 0.05) is 18.5 Å². The van der Waals surface area contributed by atoms with E-state index >= 15 is 0 Å². The fraction of sp³-hybridized carbons (Fsp3) is 0.471. The molecular formula is C17H23ClN2O3. The van der Waals surface area contributed by atoms with Crippen LogP contribution in [0.15, 0.2) is 24.3 Å². The second-order valence-electron chi connectivity index (χ2n) is 5.81. The average molecular weight is 339 g/mol. The number of rotatable bonds is 4. The maximum atomic E-state index is 11.7. The van der Waals surface area contributed by atoms with Crippen LogP contribution in [0.5, 0.6) is 5.88 Å². The number of nitrogens with zero attached hydrogens (tertiary/aromatic N) is 2. The quantitative estimate of drug-likeness (QED) is 0.921. The maximum absolute atomic E-state index is 11.7. The smallest absolute Gasteiger partial charge is 0.341 e. The number of hydrogen-bond donors (Lipinski definition) is 1. The van der Waals surface area contributed by atoms with Crippen molar-refractivity contribution in [1.82, 2.24) is 9.47 Å². The van der Waals surface area contributed by atoms with Crippen molar-refractivity contribution < 1.29 is 14.6 Å². The molecule has 1 aromatic heterocycles. The van der Waals surface area contributed by atoms with Gasteiger partial charge in [-0.1, -0.05) is 24.6 Å². The molecule has 1 aliphatic rings. The molecule has 3 rings (SSSR count). The van der Waals surface area contributed by atoms with Gasteiger partial charge in [0.05, 0.1) is 18.8 Å². The van der Waals surface area contributed by atoms with Crippen LogP contribution in [0.3, 0.4) is 0 Å². The number of aromatic nitrogens is 1. The number of hydrogen-bond acceptors (Lipinski definition) is 3. The van der Waals surface area contributed by atoms with Crippen LogP contribution in [0.4, 0.5) is 0 Å². The molecule has 1 aromatic carbocycles. The zero-order valence-corrected chi connectivity index (χ0v) is 14.3. The summed E-state index contributed by atoms with van der Waals surface area (Å²) in [6, 6.07) is 7.61. The van der Waals surface area contributed by atoms with Crippen LogP contribution in [0.1, 0.15) is 42.7 Å². The minimum absolute atomic E-state index is 0. The van der Waals surface area contributed by atoms with Gasteiger partial charge in [0.25, 0.3) is 0 Å². The number of halogens is 1. The second kappa shape index (κ2) is 7.23. The predicted octanol–water partition coefficient (Wildman–Crippen LogP) is 3.77. The molecule has 1 atom stereocenters. The lowest BCUT2D eigenvalue weighted by Gasteiger charge is -2.34. The molecule has 6 heteroatoms. The fourth-order valence-corrected chi connectivity index (χ4v) is 3.47. The molecule has 23 heavy (non-hydrogen) atoms. The van der Waals surface area contributed by atoms with E-state index in [0.717, 1.165) is 24.0 Å². The topological polar surface area (TPSA) is 54.7 Å². The van der Waals surface area contributed by atoms with Crippen molar-refractivity contribution in [2.75, 3.05) is 20.2 Å². The molecule has 0 bridgehead atoms. The highest BCUT2D eigenvalue weighted by atomic mass is 35.5. The molecule has 2 heterocycles. The Bertz CT molecular complexity index is 692. The van der Waals surface area contributed by atoms with Gasteiger partial charge in [-0.2, -0.15) is 0 Å². The number of para-hydroxylation sites is 1. The number of benzene rings is 1. The van der Waals surface area contributed by atoms with E-state index in [9.17, 15) is 9.90 Å². The third-order valence-electron chi connectivity index (χ3n) is 4.57. The summed E-state index contributed by atoms with van der Waals surface area (Å²) in [4.78, 5) is 14.1. The Hall–Kier alpha value is -1.72. The molecule has 0 saturated carbocycles. The molecule has 1 aliphatic heterocycles. The number of aromatic carboxylic acids is 1. The number of carboxylic acid groups (broad SMARTS) is 1. The van der Waals surface area contributed by atoms with E-state index < -0.39 is 5.97 Å². The number of ether oxygens (including phenoxy) is 1. The predicted molar refractivity (Wildman–Crippen MR) is 92.8 cm³/mol. The van der Waals surface area contributed by atoms with Crippen molar-refractivity contribution in [3.05, 3.63) is 29.8 Å². The monoisotopic (exact) mass is 338 g/mol. The highest BCUT2D eigenvalue weighted by Gasteiger charge is 2.28. The van der Waals surface area contributed by atoms with Gasteiger partial charge in [-0.25, -0.2) is 4.79 Å². The van der Waals surface area contributed by atoms with Gasteiger partial charge in [-0.15, -0.1) is 12.4 Å². The summed E-state index contributed by atoms with van der Waals surface area (Å²) >= 11 is 0. The molecule has 1 saturated heterocycles. The van der Waals surface area contributed by atoms with E-state index in [1.54, 1.807) is 7.11 Å².